The molecule has 0 aliphatic carbocycles. The van der Waals surface area contributed by atoms with E-state index in [1.807, 2.05) is 28.2 Å². The molecule has 0 saturated heterocycles. The first kappa shape index (κ1) is 10.8. The monoisotopic (exact) mass is 162 g/mol. The van der Waals surface area contributed by atoms with Crippen LogP contribution in [-0.4, -0.2) is 50.5 Å². The smallest absolute Gasteiger partial charge is 0.101 e. The van der Waals surface area contributed by atoms with Gasteiger partial charge in [-0.1, -0.05) is 0 Å². The van der Waals surface area contributed by atoms with Gasteiger partial charge in [0.2, 0.25) is 0 Å². The normalized spacial score (nSPS) is 13.6. The van der Waals surface area contributed by atoms with Gasteiger partial charge in [-0.3, -0.25) is 9.18 Å². The third-order valence-electron chi connectivity index (χ3n) is 1.47. The third kappa shape index (κ3) is 9.84. The van der Waals surface area contributed by atoms with Gasteiger partial charge in [-0.15, -0.1) is 0 Å². The van der Waals surface area contributed by atoms with Crippen LogP contribution in [0.5, 0.6) is 0 Å². The van der Waals surface area contributed by atoms with Crippen LogP contribution in [0.3, 0.4) is 0 Å². The molecular formula is C7H22N4+2. The Hall–Kier alpha value is -0.160. The average molecular weight is 162 g/mol. The van der Waals surface area contributed by atoms with Crippen LogP contribution in [-0.2, 0) is 0 Å². The zero-order valence-corrected chi connectivity index (χ0v) is 8.17. The van der Waals surface area contributed by atoms with Crippen molar-refractivity contribution < 1.29 is 9.18 Å². The van der Waals surface area contributed by atoms with Crippen LogP contribution in [0.15, 0.2) is 0 Å². The molecule has 0 bridgehead atoms. The molecule has 0 fully saturated rings. The lowest BCUT2D eigenvalue weighted by molar-refractivity contribution is -0.921. The summed E-state index contributed by atoms with van der Waals surface area (Å²) in [5, 5.41) is 0. The van der Waals surface area contributed by atoms with Crippen molar-refractivity contribution in [2.24, 2.45) is 11.7 Å². The van der Waals surface area contributed by atoms with Gasteiger partial charge < -0.3 is 0 Å². The first-order chi connectivity index (χ1) is 4.71. The summed E-state index contributed by atoms with van der Waals surface area (Å²) in [5.41, 5.74) is 0. The zero-order chi connectivity index (χ0) is 9.12. The van der Waals surface area contributed by atoms with Crippen molar-refractivity contribution >= 4 is 0 Å². The lowest BCUT2D eigenvalue weighted by Gasteiger charge is -2.26. The molecule has 0 heterocycles. The second kappa shape index (κ2) is 3.49. The van der Waals surface area contributed by atoms with E-state index in [0.717, 1.165) is 19.5 Å². The minimum atomic E-state index is 0.528. The quantitative estimate of drug-likeness (QED) is 0.325. The van der Waals surface area contributed by atoms with Crippen LogP contribution in [0.2, 0.25) is 0 Å². The number of quaternary nitrogens is 2. The first-order valence-electron chi connectivity index (χ1n) is 3.94. The van der Waals surface area contributed by atoms with Crippen molar-refractivity contribution in [1.29, 1.82) is 0 Å². The van der Waals surface area contributed by atoms with Crippen molar-refractivity contribution in [3.05, 3.63) is 0 Å². The highest BCUT2D eigenvalue weighted by molar-refractivity contribution is 4.31. The summed E-state index contributed by atoms with van der Waals surface area (Å²) >= 11 is 0. The Morgan fingerprint density at radius 3 is 1.27 bits per heavy atom. The van der Waals surface area contributed by atoms with Gasteiger partial charge in [0.15, 0.2) is 0 Å². The second-order valence-electron chi connectivity index (χ2n) is 4.36. The molecule has 0 aromatic carbocycles. The molecule has 0 amide bonds. The predicted octanol–water partition coefficient (Wildman–Crippen LogP) is -0.723. The maximum atomic E-state index is 5.75. The summed E-state index contributed by atoms with van der Waals surface area (Å²) in [6.45, 7) is 1.94. The number of rotatable bonds is 4. The molecule has 4 heteroatoms. The summed E-state index contributed by atoms with van der Waals surface area (Å²) in [4.78, 5) is 0. The lowest BCUT2D eigenvalue weighted by Crippen LogP contribution is -2.51. The van der Waals surface area contributed by atoms with Crippen molar-refractivity contribution in [2.45, 2.75) is 6.42 Å². The van der Waals surface area contributed by atoms with E-state index in [-0.39, 0.29) is 0 Å². The molecule has 0 rings (SSSR count). The highest BCUT2D eigenvalue weighted by Gasteiger charge is 2.12. The van der Waals surface area contributed by atoms with Crippen LogP contribution in [0.1, 0.15) is 6.42 Å². The maximum Gasteiger partial charge on any atom is 0.101 e. The van der Waals surface area contributed by atoms with Crippen molar-refractivity contribution in [1.82, 2.24) is 0 Å². The van der Waals surface area contributed by atoms with E-state index in [2.05, 4.69) is 0 Å². The molecule has 0 aromatic rings. The minimum absolute atomic E-state index is 0.528. The molecular weight excluding hydrogens is 140 g/mol. The third-order valence-corrected chi connectivity index (χ3v) is 1.47. The summed E-state index contributed by atoms with van der Waals surface area (Å²) in [6, 6.07) is 0. The molecule has 0 atom stereocenters. The fraction of sp³-hybridized carbons (Fsp3) is 1.00. The average Bonchev–Trinajstić information content (AvgIpc) is 1.55. The topological polar surface area (TPSA) is 52.0 Å². The van der Waals surface area contributed by atoms with Crippen LogP contribution in [0.25, 0.3) is 0 Å². The lowest BCUT2D eigenvalue weighted by atomic mass is 10.4. The van der Waals surface area contributed by atoms with Gasteiger partial charge in [-0.25, -0.2) is 0 Å². The number of hydrogen-bond donors (Lipinski definition) is 2. The predicted molar refractivity (Wildman–Crippen MR) is 46.9 cm³/mol. The van der Waals surface area contributed by atoms with E-state index in [1.54, 1.807) is 0 Å². The Kier molecular flexibility index (Phi) is 3.44. The van der Waals surface area contributed by atoms with E-state index in [0.29, 0.717) is 9.18 Å². The Bertz CT molecular complexity index is 94.6. The minimum Gasteiger partial charge on any atom is -0.253 e. The van der Waals surface area contributed by atoms with E-state index in [9.17, 15) is 0 Å². The summed E-state index contributed by atoms with van der Waals surface area (Å²) in [6.07, 6.45) is 1.06. The summed E-state index contributed by atoms with van der Waals surface area (Å²) < 4.78 is 1.06. The van der Waals surface area contributed by atoms with E-state index >= 15 is 0 Å². The van der Waals surface area contributed by atoms with Crippen LogP contribution < -0.4 is 11.7 Å². The number of nitrogens with zero attached hydrogens (tertiary/aromatic N) is 2. The van der Waals surface area contributed by atoms with Crippen molar-refractivity contribution in [3.8, 4) is 0 Å². The molecule has 4 N–H and O–H groups in total. The van der Waals surface area contributed by atoms with Gasteiger partial charge in [0, 0.05) is 6.42 Å². The fourth-order valence-corrected chi connectivity index (χ4v) is 0.886. The van der Waals surface area contributed by atoms with E-state index in [4.69, 9.17) is 11.7 Å². The van der Waals surface area contributed by atoms with Crippen LogP contribution in [0.4, 0.5) is 0 Å². The summed E-state index contributed by atoms with van der Waals surface area (Å²) in [7, 11) is 7.93. The van der Waals surface area contributed by atoms with Gasteiger partial charge in [0.1, 0.15) is 13.1 Å². The van der Waals surface area contributed by atoms with Gasteiger partial charge in [-0.05, 0) is 0 Å². The van der Waals surface area contributed by atoms with E-state index < -0.39 is 0 Å². The van der Waals surface area contributed by atoms with Gasteiger partial charge in [-0.2, -0.15) is 11.7 Å². The van der Waals surface area contributed by atoms with Crippen molar-refractivity contribution in [3.63, 3.8) is 0 Å². The molecule has 0 saturated carbocycles. The molecule has 0 aliphatic rings. The first-order valence-corrected chi connectivity index (χ1v) is 3.94. The number of hydrogen-bond acceptors (Lipinski definition) is 2. The van der Waals surface area contributed by atoms with Gasteiger partial charge in [0.25, 0.3) is 0 Å². The molecule has 11 heavy (non-hydrogen) atoms. The maximum absolute atomic E-state index is 5.75. The molecule has 0 aromatic heterocycles. The highest BCUT2D eigenvalue weighted by atomic mass is 15.6. The Balaban J connectivity index is 3.44. The molecule has 68 valence electrons. The van der Waals surface area contributed by atoms with Crippen LogP contribution >= 0.6 is 0 Å². The largest absolute Gasteiger partial charge is 0.253 e. The van der Waals surface area contributed by atoms with Crippen LogP contribution in [0, 0.1) is 0 Å². The number of nitrogens with two attached hydrogens (primary N) is 2. The molecule has 0 unspecified atom stereocenters. The SMILES string of the molecule is C[N+](C)(N)CCC[N+](C)(C)N. The molecule has 0 radical (unpaired) electrons. The van der Waals surface area contributed by atoms with Gasteiger partial charge >= 0.3 is 0 Å². The highest BCUT2D eigenvalue weighted by Crippen LogP contribution is 1.93. The standard InChI is InChI=1S/C7H22N4/c1-10(2,8)6-5-7-11(3,4)9/h5-9H2,1-4H3/q+2. The Morgan fingerprint density at radius 1 is 0.818 bits per heavy atom. The molecule has 0 aliphatic heterocycles. The summed E-state index contributed by atoms with van der Waals surface area (Å²) in [5.74, 6) is 11.5. The fourth-order valence-electron chi connectivity index (χ4n) is 0.886. The zero-order valence-electron chi connectivity index (χ0n) is 8.17. The van der Waals surface area contributed by atoms with Crippen molar-refractivity contribution in [2.75, 3.05) is 41.3 Å². The second-order valence-corrected chi connectivity index (χ2v) is 4.36. The Morgan fingerprint density at radius 2 is 1.09 bits per heavy atom. The Labute approximate surface area is 69.5 Å². The van der Waals surface area contributed by atoms with E-state index in [1.165, 1.54) is 0 Å². The molecule has 4 nitrogen and oxygen atoms in total. The van der Waals surface area contributed by atoms with Gasteiger partial charge in [0.05, 0.1) is 28.2 Å². The molecule has 0 spiro atoms.